The number of aromatic nitrogens is 6. The normalized spacial score (nSPS) is 15.2. The SMILES string of the molecule is O=c1[nH]nc(-c2ccco2)c2c1Nc1nnnn1[C@@H]2c1ccc(Br)cc1. The van der Waals surface area contributed by atoms with E-state index in [1.165, 1.54) is 0 Å². The van der Waals surface area contributed by atoms with Gasteiger partial charge in [0.2, 0.25) is 5.95 Å². The minimum Gasteiger partial charge on any atom is -0.463 e. The van der Waals surface area contributed by atoms with Crippen LogP contribution in [0.25, 0.3) is 11.5 Å². The van der Waals surface area contributed by atoms with E-state index in [4.69, 9.17) is 4.42 Å². The first-order valence-electron chi connectivity index (χ1n) is 7.69. The van der Waals surface area contributed by atoms with Gasteiger partial charge in [-0.15, -0.1) is 0 Å². The Hall–Kier alpha value is -3.27. The number of fused-ring (bicyclic) bond motifs is 2. The summed E-state index contributed by atoms with van der Waals surface area (Å²) in [6, 6.07) is 10.9. The molecular formula is C16H10BrN7O2. The van der Waals surface area contributed by atoms with Crippen LogP contribution in [0.2, 0.25) is 0 Å². The molecule has 1 aliphatic rings. The number of H-pyrrole nitrogens is 1. The third-order valence-electron chi connectivity index (χ3n) is 4.21. The Labute approximate surface area is 154 Å². The van der Waals surface area contributed by atoms with Crippen molar-refractivity contribution >= 4 is 27.6 Å². The van der Waals surface area contributed by atoms with Crippen LogP contribution in [0.5, 0.6) is 0 Å². The van der Waals surface area contributed by atoms with Crippen molar-refractivity contribution in [3.8, 4) is 11.5 Å². The molecule has 2 N–H and O–H groups in total. The molecule has 0 radical (unpaired) electrons. The van der Waals surface area contributed by atoms with Gasteiger partial charge in [-0.1, -0.05) is 33.2 Å². The highest BCUT2D eigenvalue weighted by molar-refractivity contribution is 9.10. The lowest BCUT2D eigenvalue weighted by Gasteiger charge is -2.27. The third kappa shape index (κ3) is 2.19. The topological polar surface area (TPSA) is 115 Å². The van der Waals surface area contributed by atoms with Gasteiger partial charge in [0.05, 0.1) is 6.26 Å². The van der Waals surface area contributed by atoms with Crippen molar-refractivity contribution in [1.29, 1.82) is 0 Å². The lowest BCUT2D eigenvalue weighted by atomic mass is 9.94. The molecule has 1 aliphatic heterocycles. The molecule has 9 nitrogen and oxygen atoms in total. The number of aromatic amines is 1. The van der Waals surface area contributed by atoms with Gasteiger partial charge in [0.25, 0.3) is 5.56 Å². The number of hydrogen-bond donors (Lipinski definition) is 2. The Morgan fingerprint density at radius 2 is 2.04 bits per heavy atom. The Bertz CT molecular complexity index is 1150. The lowest BCUT2D eigenvalue weighted by molar-refractivity contribution is 0.554. The fourth-order valence-corrected chi connectivity index (χ4v) is 3.36. The van der Waals surface area contributed by atoms with E-state index < -0.39 is 6.04 Å². The number of tetrazole rings is 1. The smallest absolute Gasteiger partial charge is 0.288 e. The fraction of sp³-hybridized carbons (Fsp3) is 0.0625. The van der Waals surface area contributed by atoms with Gasteiger partial charge in [-0.05, 0) is 40.3 Å². The van der Waals surface area contributed by atoms with Crippen molar-refractivity contribution in [2.75, 3.05) is 5.32 Å². The summed E-state index contributed by atoms with van der Waals surface area (Å²) < 4.78 is 8.09. The predicted octanol–water partition coefficient (Wildman–Crippen LogP) is 2.47. The second-order valence-corrected chi connectivity index (χ2v) is 6.61. The van der Waals surface area contributed by atoms with E-state index in [0.29, 0.717) is 28.7 Å². The first-order valence-corrected chi connectivity index (χ1v) is 8.48. The second-order valence-electron chi connectivity index (χ2n) is 5.69. The molecule has 26 heavy (non-hydrogen) atoms. The molecule has 0 saturated heterocycles. The van der Waals surface area contributed by atoms with Crippen molar-refractivity contribution < 1.29 is 4.42 Å². The average Bonchev–Trinajstić information content (AvgIpc) is 3.33. The average molecular weight is 412 g/mol. The van der Waals surface area contributed by atoms with Gasteiger partial charge in [0.15, 0.2) is 5.76 Å². The molecule has 0 aliphatic carbocycles. The summed E-state index contributed by atoms with van der Waals surface area (Å²) >= 11 is 3.44. The Morgan fingerprint density at radius 1 is 1.19 bits per heavy atom. The van der Waals surface area contributed by atoms with E-state index in [9.17, 15) is 4.79 Å². The number of nitrogens with one attached hydrogen (secondary N) is 2. The van der Waals surface area contributed by atoms with Crippen LogP contribution >= 0.6 is 15.9 Å². The maximum absolute atomic E-state index is 12.5. The van der Waals surface area contributed by atoms with Crippen LogP contribution < -0.4 is 10.9 Å². The molecule has 1 aromatic carbocycles. The zero-order valence-corrected chi connectivity index (χ0v) is 14.6. The fourth-order valence-electron chi connectivity index (χ4n) is 3.09. The minimum absolute atomic E-state index is 0.349. The highest BCUT2D eigenvalue weighted by Crippen LogP contribution is 2.41. The molecule has 0 bridgehead atoms. The van der Waals surface area contributed by atoms with Crippen molar-refractivity contribution in [1.82, 2.24) is 30.4 Å². The summed E-state index contributed by atoms with van der Waals surface area (Å²) in [5.74, 6) is 0.922. The molecule has 1 atom stereocenters. The zero-order valence-electron chi connectivity index (χ0n) is 13.0. The van der Waals surface area contributed by atoms with Gasteiger partial charge < -0.3 is 9.73 Å². The van der Waals surface area contributed by atoms with Gasteiger partial charge in [-0.25, -0.2) is 5.10 Å². The molecule has 0 unspecified atom stereocenters. The Morgan fingerprint density at radius 3 is 2.81 bits per heavy atom. The van der Waals surface area contributed by atoms with E-state index in [-0.39, 0.29) is 5.56 Å². The van der Waals surface area contributed by atoms with Crippen LogP contribution in [0.15, 0.2) is 56.3 Å². The van der Waals surface area contributed by atoms with Crippen LogP contribution in [0.4, 0.5) is 11.6 Å². The number of rotatable bonds is 2. The third-order valence-corrected chi connectivity index (χ3v) is 4.74. The van der Waals surface area contributed by atoms with Crippen LogP contribution in [0.1, 0.15) is 17.2 Å². The number of benzene rings is 1. The first-order chi connectivity index (χ1) is 12.7. The van der Waals surface area contributed by atoms with Crippen LogP contribution in [-0.2, 0) is 0 Å². The minimum atomic E-state index is -0.431. The quantitative estimate of drug-likeness (QED) is 0.458. The highest BCUT2D eigenvalue weighted by atomic mass is 79.9. The molecule has 4 heterocycles. The van der Waals surface area contributed by atoms with E-state index in [2.05, 4.69) is 47.0 Å². The maximum atomic E-state index is 12.5. The Kier molecular flexibility index (Phi) is 3.25. The maximum Gasteiger partial charge on any atom is 0.288 e. The highest BCUT2D eigenvalue weighted by Gasteiger charge is 2.34. The summed E-state index contributed by atoms with van der Waals surface area (Å²) in [4.78, 5) is 12.5. The summed E-state index contributed by atoms with van der Waals surface area (Å²) in [5, 5.41) is 21.5. The van der Waals surface area contributed by atoms with Crippen molar-refractivity contribution in [2.24, 2.45) is 0 Å². The van der Waals surface area contributed by atoms with Crippen LogP contribution in [0, 0.1) is 0 Å². The molecule has 4 aromatic rings. The number of nitrogens with zero attached hydrogens (tertiary/aromatic N) is 5. The van der Waals surface area contributed by atoms with Gasteiger partial charge in [-0.3, -0.25) is 4.79 Å². The van der Waals surface area contributed by atoms with E-state index in [1.807, 2.05) is 24.3 Å². The summed E-state index contributed by atoms with van der Waals surface area (Å²) in [6.45, 7) is 0. The molecular weight excluding hydrogens is 402 g/mol. The number of hydrogen-bond acceptors (Lipinski definition) is 7. The predicted molar refractivity (Wildman–Crippen MR) is 95.0 cm³/mol. The molecule has 0 amide bonds. The first kappa shape index (κ1) is 15.0. The molecule has 3 aromatic heterocycles. The largest absolute Gasteiger partial charge is 0.463 e. The molecule has 128 valence electrons. The molecule has 0 fully saturated rings. The second kappa shape index (κ2) is 5.63. The van der Waals surface area contributed by atoms with E-state index in [0.717, 1.165) is 10.0 Å². The van der Waals surface area contributed by atoms with Gasteiger partial charge in [0.1, 0.15) is 17.4 Å². The van der Waals surface area contributed by atoms with Crippen molar-refractivity contribution in [3.63, 3.8) is 0 Å². The molecule has 0 saturated carbocycles. The van der Waals surface area contributed by atoms with Crippen LogP contribution in [0.3, 0.4) is 0 Å². The van der Waals surface area contributed by atoms with Gasteiger partial charge in [-0.2, -0.15) is 9.78 Å². The van der Waals surface area contributed by atoms with Crippen molar-refractivity contribution in [3.05, 3.63) is 68.6 Å². The lowest BCUT2D eigenvalue weighted by Crippen LogP contribution is -2.29. The molecule has 10 heteroatoms. The number of anilines is 2. The van der Waals surface area contributed by atoms with Gasteiger partial charge in [0, 0.05) is 10.0 Å². The van der Waals surface area contributed by atoms with Gasteiger partial charge >= 0.3 is 0 Å². The number of furan rings is 1. The van der Waals surface area contributed by atoms with E-state index in [1.54, 1.807) is 23.1 Å². The monoisotopic (exact) mass is 411 g/mol. The van der Waals surface area contributed by atoms with Crippen LogP contribution in [-0.4, -0.2) is 30.4 Å². The zero-order chi connectivity index (χ0) is 17.7. The standard InChI is InChI=1S/C16H10BrN7O2/c17-9-5-3-8(4-6-9)14-11-12(10-2-1-7-26-10)19-20-15(25)13(11)18-16-21-22-23-24(14)16/h1-7,14H,(H,20,25)(H,18,21,23)/t14-/m1/s1. The summed E-state index contributed by atoms with van der Waals surface area (Å²) in [6.07, 6.45) is 1.56. The number of halogens is 1. The Balaban J connectivity index is 1.83. The summed E-state index contributed by atoms with van der Waals surface area (Å²) in [5.41, 5.74) is 2.06. The van der Waals surface area contributed by atoms with E-state index >= 15 is 0 Å². The molecule has 0 spiro atoms. The molecule has 5 rings (SSSR count). The van der Waals surface area contributed by atoms with Crippen molar-refractivity contribution in [2.45, 2.75) is 6.04 Å². The summed E-state index contributed by atoms with van der Waals surface area (Å²) in [7, 11) is 0.